The van der Waals surface area contributed by atoms with E-state index in [0.717, 1.165) is 13.0 Å². The topological polar surface area (TPSA) is 90.5 Å². The molecular weight excluding hydrogens is 294 g/mol. The van der Waals surface area contributed by atoms with E-state index in [1.165, 1.54) is 0 Å². The van der Waals surface area contributed by atoms with Gasteiger partial charge in [0.2, 0.25) is 5.91 Å². The van der Waals surface area contributed by atoms with Crippen LogP contribution in [0.15, 0.2) is 24.3 Å². The van der Waals surface area contributed by atoms with Crippen molar-refractivity contribution in [2.75, 3.05) is 25.5 Å². The fourth-order valence-electron chi connectivity index (χ4n) is 1.75. The lowest BCUT2D eigenvalue weighted by Gasteiger charge is -2.14. The van der Waals surface area contributed by atoms with Crippen LogP contribution in [-0.2, 0) is 9.59 Å². The summed E-state index contributed by atoms with van der Waals surface area (Å²) in [4.78, 5) is 23.0. The Morgan fingerprint density at radius 3 is 2.71 bits per heavy atom. The molecule has 1 aromatic rings. The number of nitrogens with one attached hydrogen (secondary N) is 3. The highest BCUT2D eigenvalue weighted by molar-refractivity contribution is 6.30. The first-order chi connectivity index (χ1) is 10.0. The molecule has 1 atom stereocenters. The van der Waals surface area contributed by atoms with E-state index in [4.69, 9.17) is 16.7 Å². The van der Waals surface area contributed by atoms with Crippen molar-refractivity contribution in [3.63, 3.8) is 0 Å². The zero-order valence-corrected chi connectivity index (χ0v) is 12.6. The molecule has 0 saturated heterocycles. The van der Waals surface area contributed by atoms with Gasteiger partial charge in [-0.1, -0.05) is 17.7 Å². The predicted octanol–water partition coefficient (Wildman–Crippen LogP) is 1.32. The summed E-state index contributed by atoms with van der Waals surface area (Å²) in [6, 6.07) is 5.81. The Morgan fingerprint density at radius 2 is 2.10 bits per heavy atom. The number of hydrogen-bond donors (Lipinski definition) is 4. The van der Waals surface area contributed by atoms with Gasteiger partial charge in [0.05, 0.1) is 6.42 Å². The zero-order chi connectivity index (χ0) is 15.7. The molecular formula is C14H20ClN3O3. The van der Waals surface area contributed by atoms with Crippen molar-refractivity contribution < 1.29 is 14.7 Å². The Labute approximate surface area is 128 Å². The molecule has 0 aliphatic heterocycles. The van der Waals surface area contributed by atoms with Crippen LogP contribution in [0.3, 0.4) is 0 Å². The van der Waals surface area contributed by atoms with Gasteiger partial charge in [-0.25, -0.2) is 0 Å². The standard InChI is InChI=1S/C14H20ClN3O3/c1-16-6-3-7-17-12(14(20)21)9-13(19)18-11-5-2-4-10(15)8-11/h2,4-5,8,12,16-17H,3,6-7,9H2,1H3,(H,18,19)(H,20,21)/t12-/m1/s1. The number of carbonyl (C=O) groups is 2. The van der Waals surface area contributed by atoms with Crippen LogP contribution in [-0.4, -0.2) is 43.2 Å². The van der Waals surface area contributed by atoms with Crippen molar-refractivity contribution in [2.45, 2.75) is 18.9 Å². The van der Waals surface area contributed by atoms with Gasteiger partial charge in [-0.15, -0.1) is 0 Å². The fourth-order valence-corrected chi connectivity index (χ4v) is 1.94. The summed E-state index contributed by atoms with van der Waals surface area (Å²) in [6.45, 7) is 1.32. The number of amides is 1. The number of carboxylic acids is 1. The minimum Gasteiger partial charge on any atom is -0.480 e. The lowest BCUT2D eigenvalue weighted by molar-refractivity contribution is -0.141. The van der Waals surface area contributed by atoms with Crippen LogP contribution in [0, 0.1) is 0 Å². The summed E-state index contributed by atoms with van der Waals surface area (Å²) in [7, 11) is 1.83. The second kappa shape index (κ2) is 9.33. The van der Waals surface area contributed by atoms with Crippen LogP contribution < -0.4 is 16.0 Å². The first-order valence-electron chi connectivity index (χ1n) is 6.69. The average molecular weight is 314 g/mol. The number of benzene rings is 1. The molecule has 0 heterocycles. The number of carbonyl (C=O) groups excluding carboxylic acids is 1. The molecule has 1 amide bonds. The summed E-state index contributed by atoms with van der Waals surface area (Å²) < 4.78 is 0. The summed E-state index contributed by atoms with van der Waals surface area (Å²) in [5, 5.41) is 18.1. The van der Waals surface area contributed by atoms with Gasteiger partial charge in [0.25, 0.3) is 0 Å². The third kappa shape index (κ3) is 7.08. The van der Waals surface area contributed by atoms with E-state index < -0.39 is 12.0 Å². The van der Waals surface area contributed by atoms with Gasteiger partial charge in [0, 0.05) is 10.7 Å². The number of anilines is 1. The molecule has 0 aliphatic carbocycles. The van der Waals surface area contributed by atoms with Gasteiger partial charge in [-0.2, -0.15) is 0 Å². The normalized spacial score (nSPS) is 11.9. The Kier molecular flexibility index (Phi) is 7.74. The van der Waals surface area contributed by atoms with E-state index in [1.807, 2.05) is 7.05 Å². The molecule has 0 spiro atoms. The molecule has 0 radical (unpaired) electrons. The van der Waals surface area contributed by atoms with E-state index in [0.29, 0.717) is 17.3 Å². The van der Waals surface area contributed by atoms with Crippen LogP contribution in [0.2, 0.25) is 5.02 Å². The summed E-state index contributed by atoms with van der Waals surface area (Å²) in [5.41, 5.74) is 0.548. The summed E-state index contributed by atoms with van der Waals surface area (Å²) >= 11 is 5.82. The number of aliphatic carboxylic acids is 1. The van der Waals surface area contributed by atoms with Crippen molar-refractivity contribution in [1.82, 2.24) is 10.6 Å². The third-order valence-corrected chi connectivity index (χ3v) is 3.03. The number of rotatable bonds is 9. The smallest absolute Gasteiger partial charge is 0.321 e. The largest absolute Gasteiger partial charge is 0.480 e. The molecule has 21 heavy (non-hydrogen) atoms. The van der Waals surface area contributed by atoms with Crippen molar-refractivity contribution in [2.24, 2.45) is 0 Å². The molecule has 0 aliphatic rings. The van der Waals surface area contributed by atoms with E-state index in [-0.39, 0.29) is 12.3 Å². The van der Waals surface area contributed by atoms with Crippen molar-refractivity contribution in [3.8, 4) is 0 Å². The first-order valence-corrected chi connectivity index (χ1v) is 7.07. The summed E-state index contributed by atoms with van der Waals surface area (Å²) in [5.74, 6) is -1.41. The SMILES string of the molecule is CNCCCN[C@H](CC(=O)Nc1cccc(Cl)c1)C(=O)O. The molecule has 0 bridgehead atoms. The van der Waals surface area contributed by atoms with Crippen LogP contribution >= 0.6 is 11.6 Å². The lowest BCUT2D eigenvalue weighted by Crippen LogP contribution is -2.40. The molecule has 0 aromatic heterocycles. The number of hydrogen-bond acceptors (Lipinski definition) is 4. The van der Waals surface area contributed by atoms with Gasteiger partial charge in [0.15, 0.2) is 0 Å². The molecule has 116 valence electrons. The molecule has 7 heteroatoms. The Balaban J connectivity index is 2.46. The van der Waals surface area contributed by atoms with Gasteiger partial charge >= 0.3 is 5.97 Å². The van der Waals surface area contributed by atoms with Gasteiger partial charge < -0.3 is 21.1 Å². The van der Waals surface area contributed by atoms with Crippen molar-refractivity contribution >= 4 is 29.2 Å². The lowest BCUT2D eigenvalue weighted by atomic mass is 10.2. The molecule has 6 nitrogen and oxygen atoms in total. The first kappa shape index (κ1) is 17.4. The van der Waals surface area contributed by atoms with Gasteiger partial charge in [-0.3, -0.25) is 9.59 Å². The average Bonchev–Trinajstić information content (AvgIpc) is 2.42. The second-order valence-electron chi connectivity index (χ2n) is 4.56. The van der Waals surface area contributed by atoms with Gasteiger partial charge in [0.1, 0.15) is 6.04 Å². The minimum atomic E-state index is -1.04. The zero-order valence-electron chi connectivity index (χ0n) is 11.9. The maximum Gasteiger partial charge on any atom is 0.321 e. The summed E-state index contributed by atoms with van der Waals surface area (Å²) in [6.07, 6.45) is 0.650. The van der Waals surface area contributed by atoms with Crippen LogP contribution in [0.5, 0.6) is 0 Å². The highest BCUT2D eigenvalue weighted by Crippen LogP contribution is 2.15. The minimum absolute atomic E-state index is 0.137. The van der Waals surface area contributed by atoms with E-state index in [9.17, 15) is 9.59 Å². The maximum absolute atomic E-state index is 11.9. The van der Waals surface area contributed by atoms with Crippen molar-refractivity contribution in [1.29, 1.82) is 0 Å². The number of carboxylic acid groups (broad SMARTS) is 1. The van der Waals surface area contributed by atoms with E-state index in [1.54, 1.807) is 24.3 Å². The molecule has 0 saturated carbocycles. The molecule has 0 unspecified atom stereocenters. The van der Waals surface area contributed by atoms with Gasteiger partial charge in [-0.05, 0) is 44.8 Å². The van der Waals surface area contributed by atoms with Crippen molar-refractivity contribution in [3.05, 3.63) is 29.3 Å². The van der Waals surface area contributed by atoms with E-state index in [2.05, 4.69) is 16.0 Å². The Hall–Kier alpha value is -1.63. The quantitative estimate of drug-likeness (QED) is 0.516. The Morgan fingerprint density at radius 1 is 1.33 bits per heavy atom. The number of halogens is 1. The van der Waals surface area contributed by atoms with Crippen LogP contribution in [0.1, 0.15) is 12.8 Å². The predicted molar refractivity (Wildman–Crippen MR) is 82.7 cm³/mol. The third-order valence-electron chi connectivity index (χ3n) is 2.79. The van der Waals surface area contributed by atoms with Crippen LogP contribution in [0.25, 0.3) is 0 Å². The monoisotopic (exact) mass is 313 g/mol. The molecule has 4 N–H and O–H groups in total. The maximum atomic E-state index is 11.9. The molecule has 0 fully saturated rings. The van der Waals surface area contributed by atoms with Crippen LogP contribution in [0.4, 0.5) is 5.69 Å². The highest BCUT2D eigenvalue weighted by atomic mass is 35.5. The molecule has 1 aromatic carbocycles. The molecule has 1 rings (SSSR count). The highest BCUT2D eigenvalue weighted by Gasteiger charge is 2.20. The fraction of sp³-hybridized carbons (Fsp3) is 0.429. The van der Waals surface area contributed by atoms with E-state index >= 15 is 0 Å². The Bertz CT molecular complexity index is 482. The second-order valence-corrected chi connectivity index (χ2v) is 5.00.